The van der Waals surface area contributed by atoms with Gasteiger partial charge in [0.15, 0.2) is 0 Å². The maximum atomic E-state index is 16.1. The molecular formula is C37H47FO5. The first-order valence-electron chi connectivity index (χ1n) is 16.0. The number of hydrogen-bond acceptors (Lipinski definition) is 5. The van der Waals surface area contributed by atoms with Crippen molar-refractivity contribution in [2.45, 2.75) is 104 Å². The van der Waals surface area contributed by atoms with Crippen molar-refractivity contribution in [3.8, 4) is 28.0 Å². The van der Waals surface area contributed by atoms with Gasteiger partial charge in [0, 0.05) is 5.56 Å². The van der Waals surface area contributed by atoms with Crippen LogP contribution in [0.15, 0.2) is 66.7 Å². The Morgan fingerprint density at radius 3 is 1.95 bits per heavy atom. The van der Waals surface area contributed by atoms with Gasteiger partial charge in [-0.15, -0.1) is 0 Å². The van der Waals surface area contributed by atoms with E-state index >= 15 is 4.39 Å². The lowest BCUT2D eigenvalue weighted by molar-refractivity contribution is 0.0172. The number of carbonyl (C=O) groups is 2. The van der Waals surface area contributed by atoms with Gasteiger partial charge in [0.2, 0.25) is 0 Å². The number of rotatable bonds is 18. The molecule has 5 nitrogen and oxygen atoms in total. The summed E-state index contributed by atoms with van der Waals surface area (Å²) in [6.45, 7) is 6.87. The molecule has 0 saturated carbocycles. The third kappa shape index (κ3) is 10.8. The third-order valence-electron chi connectivity index (χ3n) is 7.52. The lowest BCUT2D eigenvalue weighted by Gasteiger charge is -2.17. The molecule has 43 heavy (non-hydrogen) atoms. The molecule has 0 radical (unpaired) electrons. The van der Waals surface area contributed by atoms with E-state index in [9.17, 15) is 9.59 Å². The molecule has 3 rings (SSSR count). The van der Waals surface area contributed by atoms with Gasteiger partial charge in [0.25, 0.3) is 0 Å². The van der Waals surface area contributed by atoms with Crippen LogP contribution >= 0.6 is 0 Å². The van der Waals surface area contributed by atoms with Crippen LogP contribution in [0.5, 0.6) is 5.75 Å². The monoisotopic (exact) mass is 590 g/mol. The van der Waals surface area contributed by atoms with Crippen molar-refractivity contribution < 1.29 is 28.2 Å². The lowest BCUT2D eigenvalue weighted by Crippen LogP contribution is -2.22. The standard InChI is InChI=1S/C37H47FO5/c1-4-7-8-9-10-11-12-16-27-41-30-23-21-28(22-24-30)32-25-26-33(35(38)34(32)29-19-14-13-15-20-29)36(39)43-37(40)42-31(17-5-2)18-6-3/h13-15,19-26,31H,4-12,16-18,27H2,1-3H3. The smallest absolute Gasteiger partial charge is 0.494 e. The van der Waals surface area contributed by atoms with Crippen molar-refractivity contribution in [1.29, 1.82) is 0 Å². The van der Waals surface area contributed by atoms with E-state index in [0.29, 0.717) is 30.6 Å². The van der Waals surface area contributed by atoms with Crippen LogP contribution in [0.3, 0.4) is 0 Å². The second kappa shape index (κ2) is 18.8. The molecule has 3 aromatic rings. The van der Waals surface area contributed by atoms with Crippen LogP contribution < -0.4 is 4.74 Å². The Balaban J connectivity index is 1.71. The largest absolute Gasteiger partial charge is 0.516 e. The Labute approximate surface area is 256 Å². The summed E-state index contributed by atoms with van der Waals surface area (Å²) in [6, 6.07) is 19.6. The van der Waals surface area contributed by atoms with Crippen LogP contribution in [0.1, 0.15) is 108 Å². The number of hydrogen-bond donors (Lipinski definition) is 0. The average molecular weight is 591 g/mol. The fraction of sp³-hybridized carbons (Fsp3) is 0.459. The first kappa shape index (κ1) is 33.8. The first-order valence-corrected chi connectivity index (χ1v) is 16.0. The second-order valence-corrected chi connectivity index (χ2v) is 11.0. The molecule has 3 aromatic carbocycles. The van der Waals surface area contributed by atoms with Gasteiger partial charge >= 0.3 is 12.1 Å². The quantitative estimate of drug-likeness (QED) is 0.0838. The molecular weight excluding hydrogens is 543 g/mol. The molecule has 0 heterocycles. The SMILES string of the molecule is CCCCCCCCCCOc1ccc(-c2ccc(C(=O)OC(=O)OC(CCC)CCC)c(F)c2-c2ccccc2)cc1. The predicted molar refractivity (Wildman–Crippen MR) is 171 cm³/mol. The third-order valence-corrected chi connectivity index (χ3v) is 7.52. The maximum absolute atomic E-state index is 16.1. The normalized spacial score (nSPS) is 11.0. The highest BCUT2D eigenvalue weighted by atomic mass is 19.1. The number of benzene rings is 3. The van der Waals surface area contributed by atoms with Crippen molar-refractivity contribution >= 4 is 12.1 Å². The highest BCUT2D eigenvalue weighted by Crippen LogP contribution is 2.37. The Morgan fingerprint density at radius 2 is 1.33 bits per heavy atom. The molecule has 0 aliphatic heterocycles. The van der Waals surface area contributed by atoms with E-state index in [1.54, 1.807) is 18.2 Å². The van der Waals surface area contributed by atoms with Crippen molar-refractivity contribution in [3.63, 3.8) is 0 Å². The topological polar surface area (TPSA) is 61.8 Å². The minimum absolute atomic E-state index is 0.255. The summed E-state index contributed by atoms with van der Waals surface area (Å²) in [6.07, 6.45) is 11.5. The van der Waals surface area contributed by atoms with E-state index in [-0.39, 0.29) is 17.2 Å². The van der Waals surface area contributed by atoms with Gasteiger partial charge in [0.05, 0.1) is 12.2 Å². The van der Waals surface area contributed by atoms with Crippen LogP contribution in [0, 0.1) is 5.82 Å². The van der Waals surface area contributed by atoms with E-state index in [1.807, 2.05) is 56.3 Å². The summed E-state index contributed by atoms with van der Waals surface area (Å²) in [5.41, 5.74) is 1.92. The minimum Gasteiger partial charge on any atom is -0.494 e. The molecule has 0 atom stereocenters. The lowest BCUT2D eigenvalue weighted by atomic mass is 9.92. The molecule has 0 N–H and O–H groups in total. The molecule has 6 heteroatoms. The number of unbranched alkanes of at least 4 members (excludes halogenated alkanes) is 7. The van der Waals surface area contributed by atoms with E-state index < -0.39 is 17.9 Å². The van der Waals surface area contributed by atoms with Crippen LogP contribution in [0.2, 0.25) is 0 Å². The zero-order valence-electron chi connectivity index (χ0n) is 26.0. The van der Waals surface area contributed by atoms with Crippen molar-refractivity contribution in [3.05, 3.63) is 78.1 Å². The first-order chi connectivity index (χ1) is 21.0. The van der Waals surface area contributed by atoms with Gasteiger partial charge in [-0.05, 0) is 54.2 Å². The Hall–Kier alpha value is -3.67. The summed E-state index contributed by atoms with van der Waals surface area (Å²) in [7, 11) is 0. The van der Waals surface area contributed by atoms with Crippen LogP contribution in [0.25, 0.3) is 22.3 Å². The van der Waals surface area contributed by atoms with Gasteiger partial charge in [-0.25, -0.2) is 14.0 Å². The molecule has 0 saturated heterocycles. The van der Waals surface area contributed by atoms with E-state index in [0.717, 1.165) is 37.0 Å². The zero-order valence-corrected chi connectivity index (χ0v) is 26.0. The van der Waals surface area contributed by atoms with Gasteiger partial charge in [0.1, 0.15) is 17.7 Å². The molecule has 0 bridgehead atoms. The highest BCUT2D eigenvalue weighted by molar-refractivity contribution is 5.98. The number of halogens is 1. The van der Waals surface area contributed by atoms with Crippen molar-refractivity contribution in [2.24, 2.45) is 0 Å². The summed E-state index contributed by atoms with van der Waals surface area (Å²) >= 11 is 0. The van der Waals surface area contributed by atoms with Crippen LogP contribution in [0.4, 0.5) is 9.18 Å². The Bertz CT molecular complexity index is 1250. The van der Waals surface area contributed by atoms with E-state index in [2.05, 4.69) is 6.92 Å². The predicted octanol–water partition coefficient (Wildman–Crippen LogP) is 10.9. The maximum Gasteiger partial charge on any atom is 0.516 e. The Morgan fingerprint density at radius 1 is 0.698 bits per heavy atom. The highest BCUT2D eigenvalue weighted by Gasteiger charge is 2.25. The molecule has 0 unspecified atom stereocenters. The average Bonchev–Trinajstić information content (AvgIpc) is 3.01. The van der Waals surface area contributed by atoms with E-state index in [4.69, 9.17) is 14.2 Å². The Kier molecular flexibility index (Phi) is 14.8. The molecule has 0 amide bonds. The summed E-state index contributed by atoms with van der Waals surface area (Å²) in [5.74, 6) is -1.07. The van der Waals surface area contributed by atoms with Crippen molar-refractivity contribution in [2.75, 3.05) is 6.61 Å². The summed E-state index contributed by atoms with van der Waals surface area (Å²) < 4.78 is 32.3. The van der Waals surface area contributed by atoms with E-state index in [1.165, 1.54) is 44.6 Å². The van der Waals surface area contributed by atoms with Crippen LogP contribution in [-0.2, 0) is 9.47 Å². The minimum atomic E-state index is -1.11. The number of ether oxygens (including phenoxy) is 3. The molecule has 0 fully saturated rings. The van der Waals surface area contributed by atoms with Crippen LogP contribution in [-0.4, -0.2) is 24.8 Å². The fourth-order valence-electron chi connectivity index (χ4n) is 5.21. The molecule has 0 spiro atoms. The number of esters is 1. The fourth-order valence-corrected chi connectivity index (χ4v) is 5.21. The van der Waals surface area contributed by atoms with Crippen molar-refractivity contribution in [1.82, 2.24) is 0 Å². The van der Waals surface area contributed by atoms with Gasteiger partial charge in [-0.1, -0.05) is 127 Å². The zero-order chi connectivity index (χ0) is 30.9. The summed E-state index contributed by atoms with van der Waals surface area (Å²) in [4.78, 5) is 25.2. The second-order valence-electron chi connectivity index (χ2n) is 11.0. The molecule has 232 valence electrons. The summed E-state index contributed by atoms with van der Waals surface area (Å²) in [5, 5.41) is 0. The van der Waals surface area contributed by atoms with Gasteiger partial charge < -0.3 is 14.2 Å². The molecule has 0 aliphatic carbocycles. The molecule has 0 aliphatic rings. The molecule has 0 aromatic heterocycles. The van der Waals surface area contributed by atoms with Gasteiger partial charge in [-0.3, -0.25) is 0 Å². The van der Waals surface area contributed by atoms with Gasteiger partial charge in [-0.2, -0.15) is 0 Å². The number of carbonyl (C=O) groups excluding carboxylic acids is 2.